The molecule has 9 nitrogen and oxygen atoms in total. The van der Waals surface area contributed by atoms with Crippen molar-refractivity contribution in [2.45, 2.75) is 17.0 Å². The Kier molecular flexibility index (Phi) is 10.9. The van der Waals surface area contributed by atoms with Crippen LogP contribution in [-0.4, -0.2) is 33.4 Å². The van der Waals surface area contributed by atoms with Crippen LogP contribution in [0, 0.1) is 0 Å². The molecule has 0 radical (unpaired) electrons. The average Bonchev–Trinajstić information content (AvgIpc) is 3.45. The van der Waals surface area contributed by atoms with E-state index < -0.39 is 31.0 Å². The first-order valence-electron chi connectivity index (χ1n) is 11.7. The number of nitrogens with zero attached hydrogens (tertiary/aromatic N) is 3. The van der Waals surface area contributed by atoms with Crippen molar-refractivity contribution in [2.24, 2.45) is 0 Å². The van der Waals surface area contributed by atoms with Gasteiger partial charge in [0.25, 0.3) is 0 Å². The third kappa shape index (κ3) is 9.54. The van der Waals surface area contributed by atoms with E-state index in [0.717, 1.165) is 32.9 Å². The van der Waals surface area contributed by atoms with Crippen molar-refractivity contribution >= 4 is 65.2 Å². The van der Waals surface area contributed by atoms with Crippen molar-refractivity contribution in [3.8, 4) is 10.6 Å². The number of rotatable bonds is 12. The monoisotopic (exact) mass is 641 g/mol. The van der Waals surface area contributed by atoms with Gasteiger partial charge in [-0.2, -0.15) is 0 Å². The summed E-state index contributed by atoms with van der Waals surface area (Å²) >= 11 is 18.3. The molecule has 40 heavy (non-hydrogen) atoms. The Morgan fingerprint density at radius 1 is 0.800 bits per heavy atom. The molecule has 0 saturated heterocycles. The highest BCUT2D eigenvalue weighted by molar-refractivity contribution is 7.48. The number of benzene rings is 3. The molecular weight excluding hydrogens is 620 g/mol. The van der Waals surface area contributed by atoms with Gasteiger partial charge < -0.3 is 4.74 Å². The van der Waals surface area contributed by atoms with Crippen LogP contribution in [0.2, 0.25) is 0 Å². The van der Waals surface area contributed by atoms with E-state index in [1.165, 1.54) is 0 Å². The Morgan fingerprint density at radius 3 is 1.85 bits per heavy atom. The number of amides is 1. The number of phosphoric acid groups is 1. The number of hydrogen-bond donors (Lipinski definition) is 0. The zero-order valence-electron chi connectivity index (χ0n) is 20.8. The molecule has 1 heterocycles. The Labute approximate surface area is 250 Å². The van der Waals surface area contributed by atoms with Gasteiger partial charge in [-0.05, 0) is 11.1 Å². The molecule has 0 bridgehead atoms. The van der Waals surface area contributed by atoms with Gasteiger partial charge in [0, 0.05) is 5.56 Å². The van der Waals surface area contributed by atoms with E-state index in [9.17, 15) is 9.36 Å². The molecule has 0 N–H and O–H groups in total. The number of aromatic nitrogens is 2. The Morgan fingerprint density at radius 2 is 1.32 bits per heavy atom. The van der Waals surface area contributed by atoms with Gasteiger partial charge in [0.15, 0.2) is 0 Å². The van der Waals surface area contributed by atoms with E-state index in [2.05, 4.69) is 10.2 Å². The van der Waals surface area contributed by atoms with Gasteiger partial charge in [-0.15, -0.1) is 10.2 Å². The highest BCUT2D eigenvalue weighted by Crippen LogP contribution is 2.51. The third-order valence-electron chi connectivity index (χ3n) is 5.05. The fourth-order valence-corrected chi connectivity index (χ4v) is 5.21. The zero-order valence-corrected chi connectivity index (χ0v) is 24.7. The second-order valence-corrected chi connectivity index (χ2v) is 13.2. The fraction of sp³-hybridized carbons (Fsp3) is 0.192. The molecule has 14 heteroatoms. The van der Waals surface area contributed by atoms with Gasteiger partial charge in [0.05, 0.1) is 13.2 Å². The highest BCUT2D eigenvalue weighted by atomic mass is 35.6. The molecule has 1 amide bonds. The molecule has 210 valence electrons. The lowest BCUT2D eigenvalue weighted by atomic mass is 10.2. The summed E-state index contributed by atoms with van der Waals surface area (Å²) in [6, 6.07) is 27.4. The number of phosphoric ester groups is 1. The fourth-order valence-electron chi connectivity index (χ4n) is 3.13. The number of alkyl halides is 3. The zero-order chi connectivity index (χ0) is 28.4. The van der Waals surface area contributed by atoms with E-state index >= 15 is 0 Å². The Bertz CT molecular complexity index is 1360. The molecule has 0 aliphatic heterocycles. The minimum Gasteiger partial charge on any atom is -0.445 e. The van der Waals surface area contributed by atoms with Crippen LogP contribution in [0.3, 0.4) is 0 Å². The summed E-state index contributed by atoms with van der Waals surface area (Å²) in [5.74, 6) is 0. The lowest BCUT2D eigenvalue weighted by Crippen LogP contribution is -2.35. The van der Waals surface area contributed by atoms with Crippen LogP contribution in [0.5, 0.6) is 0 Å². The van der Waals surface area contributed by atoms with Crippen molar-refractivity contribution in [1.29, 1.82) is 0 Å². The van der Waals surface area contributed by atoms with E-state index in [1.807, 2.05) is 66.7 Å². The molecular formula is C26H23Cl3N3O6PS. The standard InChI is InChI=1S/C26H23Cl3N3O6PS/c27-26(28,29)18-35-25(33)32(24-31-30-23(40-24)22-14-8-3-9-15-22)19-38-39(34,36-16-20-10-4-1-5-11-20)37-17-21-12-6-2-7-13-21/h1-15H,16-19H2. The maximum Gasteiger partial charge on any atom is 0.477 e. The molecule has 4 aromatic rings. The summed E-state index contributed by atoms with van der Waals surface area (Å²) in [5.41, 5.74) is 2.26. The smallest absolute Gasteiger partial charge is 0.445 e. The van der Waals surface area contributed by atoms with Crippen LogP contribution in [-0.2, 0) is 36.1 Å². The van der Waals surface area contributed by atoms with Crippen molar-refractivity contribution in [1.82, 2.24) is 10.2 Å². The van der Waals surface area contributed by atoms with Crippen LogP contribution < -0.4 is 4.90 Å². The molecule has 0 aliphatic rings. The Hall–Kier alpha value is -2.53. The van der Waals surface area contributed by atoms with Crippen molar-refractivity contribution < 1.29 is 27.7 Å². The molecule has 4 rings (SSSR count). The quantitative estimate of drug-likeness (QED) is 0.0870. The van der Waals surface area contributed by atoms with Crippen LogP contribution >= 0.6 is 54.0 Å². The number of hydrogen-bond acceptors (Lipinski definition) is 9. The minimum atomic E-state index is -4.24. The van der Waals surface area contributed by atoms with Crippen LogP contribution in [0.15, 0.2) is 91.0 Å². The molecule has 0 saturated carbocycles. The van der Waals surface area contributed by atoms with Gasteiger partial charge in [0.2, 0.25) is 8.92 Å². The molecule has 0 unspecified atom stereocenters. The van der Waals surface area contributed by atoms with Gasteiger partial charge in [0.1, 0.15) is 18.3 Å². The maximum atomic E-state index is 13.7. The molecule has 0 spiro atoms. The maximum absolute atomic E-state index is 13.7. The summed E-state index contributed by atoms with van der Waals surface area (Å²) in [5, 5.41) is 8.85. The van der Waals surface area contributed by atoms with Gasteiger partial charge in [-0.3, -0.25) is 13.6 Å². The van der Waals surface area contributed by atoms with Crippen LogP contribution in [0.25, 0.3) is 10.6 Å². The molecule has 1 aromatic heterocycles. The largest absolute Gasteiger partial charge is 0.477 e. The highest BCUT2D eigenvalue weighted by Gasteiger charge is 2.33. The van der Waals surface area contributed by atoms with Gasteiger partial charge in [-0.25, -0.2) is 14.3 Å². The first-order chi connectivity index (χ1) is 19.2. The number of ether oxygens (including phenoxy) is 1. The minimum absolute atomic E-state index is 0.0679. The predicted molar refractivity (Wildman–Crippen MR) is 155 cm³/mol. The SMILES string of the molecule is O=C(OCC(Cl)(Cl)Cl)N(COP(=O)(OCc1ccccc1)OCc1ccccc1)c1nnc(-c2ccccc2)s1. The topological polar surface area (TPSA) is 100 Å². The number of anilines is 1. The van der Waals surface area contributed by atoms with E-state index in [0.29, 0.717) is 5.01 Å². The third-order valence-corrected chi connectivity index (χ3v) is 7.70. The van der Waals surface area contributed by atoms with Gasteiger partial charge >= 0.3 is 13.9 Å². The second-order valence-electron chi connectivity index (χ2n) is 8.08. The first kappa shape index (κ1) is 30.4. The Balaban J connectivity index is 1.54. The van der Waals surface area contributed by atoms with Gasteiger partial charge in [-0.1, -0.05) is 137 Å². The summed E-state index contributed by atoms with van der Waals surface area (Å²) in [6.07, 6.45) is -0.972. The summed E-state index contributed by atoms with van der Waals surface area (Å²) in [6.45, 7) is -1.31. The lowest BCUT2D eigenvalue weighted by Gasteiger charge is -2.23. The van der Waals surface area contributed by atoms with E-state index in [4.69, 9.17) is 53.1 Å². The molecule has 0 fully saturated rings. The molecule has 0 aliphatic carbocycles. The molecule has 3 aromatic carbocycles. The first-order valence-corrected chi connectivity index (χ1v) is 15.1. The summed E-state index contributed by atoms with van der Waals surface area (Å²) in [4.78, 5) is 14.0. The molecule has 0 atom stereocenters. The van der Waals surface area contributed by atoms with E-state index in [1.54, 1.807) is 24.3 Å². The number of halogens is 3. The normalized spacial score (nSPS) is 11.8. The number of carbonyl (C=O) groups excluding carboxylic acids is 1. The lowest BCUT2D eigenvalue weighted by molar-refractivity contribution is 0.0986. The van der Waals surface area contributed by atoms with Crippen LogP contribution in [0.1, 0.15) is 11.1 Å². The van der Waals surface area contributed by atoms with Crippen molar-refractivity contribution in [3.63, 3.8) is 0 Å². The number of carbonyl (C=O) groups is 1. The van der Waals surface area contributed by atoms with E-state index in [-0.39, 0.29) is 18.3 Å². The summed E-state index contributed by atoms with van der Waals surface area (Å²) < 4.78 is 33.9. The van der Waals surface area contributed by atoms with Crippen molar-refractivity contribution in [3.05, 3.63) is 102 Å². The second kappa shape index (κ2) is 14.4. The van der Waals surface area contributed by atoms with Crippen molar-refractivity contribution in [2.75, 3.05) is 18.2 Å². The average molecular weight is 643 g/mol. The summed E-state index contributed by atoms with van der Waals surface area (Å²) in [7, 11) is -4.24. The predicted octanol–water partition coefficient (Wildman–Crippen LogP) is 8.03. The van der Waals surface area contributed by atoms with Crippen LogP contribution in [0.4, 0.5) is 9.93 Å².